The fourth-order valence-corrected chi connectivity index (χ4v) is 3.44. The van der Waals surface area contributed by atoms with Crippen LogP contribution in [0.5, 0.6) is 5.75 Å². The standard InChI is InChI=1S/C20H20N4O2/c1-26-15-7-4-6-14(12-15)23-20(25)18-10-5-11-24(18)19-16-8-2-3-9-17(16)21-13-22-19/h2-4,6-9,12-13,18H,5,10-11H2,1H3,(H,23,25). The van der Waals surface area contributed by atoms with E-state index in [0.29, 0.717) is 5.75 Å². The zero-order valence-corrected chi connectivity index (χ0v) is 14.6. The average Bonchev–Trinajstić information content (AvgIpc) is 3.17. The number of ether oxygens (including phenoxy) is 1. The van der Waals surface area contributed by atoms with Gasteiger partial charge in [-0.3, -0.25) is 4.79 Å². The second kappa shape index (κ2) is 7.00. The molecule has 132 valence electrons. The molecule has 0 aliphatic carbocycles. The van der Waals surface area contributed by atoms with Gasteiger partial charge in [0, 0.05) is 23.7 Å². The smallest absolute Gasteiger partial charge is 0.247 e. The van der Waals surface area contributed by atoms with Crippen LogP contribution in [-0.2, 0) is 4.79 Å². The number of para-hydroxylation sites is 1. The highest BCUT2D eigenvalue weighted by Crippen LogP contribution is 2.30. The summed E-state index contributed by atoms with van der Waals surface area (Å²) in [5.41, 5.74) is 1.62. The van der Waals surface area contributed by atoms with Gasteiger partial charge < -0.3 is 15.0 Å². The number of amides is 1. The molecule has 6 nitrogen and oxygen atoms in total. The number of fused-ring (bicyclic) bond motifs is 1. The maximum atomic E-state index is 12.9. The molecule has 1 fully saturated rings. The van der Waals surface area contributed by atoms with Gasteiger partial charge in [-0.15, -0.1) is 0 Å². The minimum absolute atomic E-state index is 0.0292. The molecule has 1 amide bonds. The van der Waals surface area contributed by atoms with E-state index in [1.807, 2.05) is 48.5 Å². The summed E-state index contributed by atoms with van der Waals surface area (Å²) >= 11 is 0. The lowest BCUT2D eigenvalue weighted by Crippen LogP contribution is -2.40. The summed E-state index contributed by atoms with van der Waals surface area (Å²) < 4.78 is 5.22. The summed E-state index contributed by atoms with van der Waals surface area (Å²) in [6.45, 7) is 0.803. The highest BCUT2D eigenvalue weighted by molar-refractivity contribution is 5.99. The molecule has 1 aromatic heterocycles. The number of anilines is 2. The Bertz CT molecular complexity index is 939. The van der Waals surface area contributed by atoms with Gasteiger partial charge in [0.05, 0.1) is 12.6 Å². The molecule has 6 heteroatoms. The number of aromatic nitrogens is 2. The Morgan fingerprint density at radius 2 is 2.08 bits per heavy atom. The minimum atomic E-state index is -0.250. The number of nitrogens with one attached hydrogen (secondary N) is 1. The number of hydrogen-bond acceptors (Lipinski definition) is 5. The van der Waals surface area contributed by atoms with Gasteiger partial charge in [-0.1, -0.05) is 18.2 Å². The van der Waals surface area contributed by atoms with E-state index in [1.54, 1.807) is 13.4 Å². The second-order valence-corrected chi connectivity index (χ2v) is 6.29. The molecule has 0 saturated carbocycles. The van der Waals surface area contributed by atoms with Crippen LogP contribution in [0.25, 0.3) is 10.9 Å². The highest BCUT2D eigenvalue weighted by Gasteiger charge is 2.32. The van der Waals surface area contributed by atoms with Crippen LogP contribution in [0, 0.1) is 0 Å². The first kappa shape index (κ1) is 16.3. The Balaban J connectivity index is 1.60. The molecule has 26 heavy (non-hydrogen) atoms. The summed E-state index contributed by atoms with van der Waals surface area (Å²) in [6.07, 6.45) is 3.32. The molecule has 4 rings (SSSR count). The van der Waals surface area contributed by atoms with Gasteiger partial charge in [-0.05, 0) is 37.1 Å². The molecule has 2 aromatic carbocycles. The molecule has 1 unspecified atom stereocenters. The lowest BCUT2D eigenvalue weighted by molar-refractivity contribution is -0.117. The van der Waals surface area contributed by atoms with E-state index in [0.717, 1.165) is 41.8 Å². The fraction of sp³-hybridized carbons (Fsp3) is 0.250. The lowest BCUT2D eigenvalue weighted by Gasteiger charge is -2.25. The molecule has 3 aromatic rings. The van der Waals surface area contributed by atoms with Crippen molar-refractivity contribution >= 4 is 28.3 Å². The first-order valence-electron chi connectivity index (χ1n) is 8.67. The summed E-state index contributed by atoms with van der Waals surface area (Å²) in [7, 11) is 1.61. The van der Waals surface area contributed by atoms with E-state index in [2.05, 4.69) is 20.2 Å². The molecular weight excluding hydrogens is 328 g/mol. The Morgan fingerprint density at radius 3 is 2.96 bits per heavy atom. The molecule has 1 N–H and O–H groups in total. The van der Waals surface area contributed by atoms with E-state index >= 15 is 0 Å². The second-order valence-electron chi connectivity index (χ2n) is 6.29. The van der Waals surface area contributed by atoms with Crippen molar-refractivity contribution in [1.82, 2.24) is 9.97 Å². The molecule has 0 bridgehead atoms. The number of nitrogens with zero attached hydrogens (tertiary/aromatic N) is 3. The van der Waals surface area contributed by atoms with Crippen LogP contribution in [-0.4, -0.2) is 35.6 Å². The molecule has 1 atom stereocenters. The largest absolute Gasteiger partial charge is 0.497 e. The molecule has 1 aliphatic heterocycles. The van der Waals surface area contributed by atoms with Gasteiger partial charge in [0.2, 0.25) is 5.91 Å². The van der Waals surface area contributed by atoms with Crippen LogP contribution < -0.4 is 15.0 Å². The quantitative estimate of drug-likeness (QED) is 0.784. The molecule has 0 radical (unpaired) electrons. The first-order chi connectivity index (χ1) is 12.8. The van der Waals surface area contributed by atoms with Crippen molar-refractivity contribution in [3.8, 4) is 5.75 Å². The SMILES string of the molecule is COc1cccc(NC(=O)C2CCCN2c2ncnc3ccccc23)c1. The maximum absolute atomic E-state index is 12.9. The van der Waals surface area contributed by atoms with Crippen LogP contribution in [0.4, 0.5) is 11.5 Å². The summed E-state index contributed by atoms with van der Waals surface area (Å²) in [4.78, 5) is 23.8. The lowest BCUT2D eigenvalue weighted by atomic mass is 10.1. The third kappa shape index (κ3) is 3.06. The van der Waals surface area contributed by atoms with Crippen LogP contribution in [0.2, 0.25) is 0 Å². The van der Waals surface area contributed by atoms with Crippen molar-refractivity contribution < 1.29 is 9.53 Å². The monoisotopic (exact) mass is 348 g/mol. The predicted molar refractivity (Wildman–Crippen MR) is 102 cm³/mol. The number of benzene rings is 2. The highest BCUT2D eigenvalue weighted by atomic mass is 16.5. The van der Waals surface area contributed by atoms with E-state index < -0.39 is 0 Å². The van der Waals surface area contributed by atoms with Gasteiger partial charge >= 0.3 is 0 Å². The topological polar surface area (TPSA) is 67.3 Å². The van der Waals surface area contributed by atoms with Crippen LogP contribution in [0.1, 0.15) is 12.8 Å². The van der Waals surface area contributed by atoms with Crippen molar-refractivity contribution in [3.63, 3.8) is 0 Å². The first-order valence-corrected chi connectivity index (χ1v) is 8.67. The Hall–Kier alpha value is -3.15. The summed E-state index contributed by atoms with van der Waals surface area (Å²) in [5.74, 6) is 1.50. The van der Waals surface area contributed by atoms with Crippen molar-refractivity contribution in [1.29, 1.82) is 0 Å². The third-order valence-electron chi connectivity index (χ3n) is 4.69. The van der Waals surface area contributed by atoms with Gasteiger partial charge in [0.1, 0.15) is 23.9 Å². The Morgan fingerprint density at radius 1 is 1.19 bits per heavy atom. The number of hydrogen-bond donors (Lipinski definition) is 1. The van der Waals surface area contributed by atoms with E-state index in [9.17, 15) is 4.79 Å². The zero-order chi connectivity index (χ0) is 17.9. The average molecular weight is 348 g/mol. The Labute approximate surface area is 151 Å². The van der Waals surface area contributed by atoms with Gasteiger partial charge in [-0.25, -0.2) is 9.97 Å². The van der Waals surface area contributed by atoms with Gasteiger partial charge in [0.15, 0.2) is 0 Å². The fourth-order valence-electron chi connectivity index (χ4n) is 3.44. The van der Waals surface area contributed by atoms with Crippen molar-refractivity contribution in [2.45, 2.75) is 18.9 Å². The van der Waals surface area contributed by atoms with Crippen LogP contribution in [0.3, 0.4) is 0 Å². The summed E-state index contributed by atoms with van der Waals surface area (Å²) in [6, 6.07) is 15.0. The van der Waals surface area contributed by atoms with Crippen LogP contribution in [0.15, 0.2) is 54.9 Å². The predicted octanol–water partition coefficient (Wildman–Crippen LogP) is 3.25. The normalized spacial score (nSPS) is 16.7. The maximum Gasteiger partial charge on any atom is 0.247 e. The molecule has 0 spiro atoms. The van der Waals surface area contributed by atoms with E-state index in [4.69, 9.17) is 4.74 Å². The number of carbonyl (C=O) groups is 1. The number of methoxy groups -OCH3 is 1. The van der Waals surface area contributed by atoms with Crippen molar-refractivity contribution in [3.05, 3.63) is 54.9 Å². The molecule has 1 saturated heterocycles. The van der Waals surface area contributed by atoms with E-state index in [1.165, 1.54) is 0 Å². The Kier molecular flexibility index (Phi) is 4.39. The number of rotatable bonds is 4. The van der Waals surface area contributed by atoms with Crippen molar-refractivity contribution in [2.75, 3.05) is 23.9 Å². The summed E-state index contributed by atoms with van der Waals surface area (Å²) in [5, 5.41) is 3.97. The third-order valence-corrected chi connectivity index (χ3v) is 4.69. The molecular formula is C20H20N4O2. The number of carbonyl (C=O) groups excluding carboxylic acids is 1. The van der Waals surface area contributed by atoms with Gasteiger partial charge in [0.25, 0.3) is 0 Å². The van der Waals surface area contributed by atoms with E-state index in [-0.39, 0.29) is 11.9 Å². The minimum Gasteiger partial charge on any atom is -0.497 e. The zero-order valence-electron chi connectivity index (χ0n) is 14.6. The molecule has 1 aliphatic rings. The molecule has 2 heterocycles. The van der Waals surface area contributed by atoms with Crippen LogP contribution >= 0.6 is 0 Å². The van der Waals surface area contributed by atoms with Crippen molar-refractivity contribution in [2.24, 2.45) is 0 Å². The van der Waals surface area contributed by atoms with Gasteiger partial charge in [-0.2, -0.15) is 0 Å².